The fraction of sp³-hybridized carbons (Fsp3) is 0. The number of ether oxygens (including phenoxy) is 1. The van der Waals surface area contributed by atoms with Crippen LogP contribution in [0.3, 0.4) is 0 Å². The van der Waals surface area contributed by atoms with Gasteiger partial charge in [0.1, 0.15) is 5.75 Å². The lowest BCUT2D eigenvalue weighted by molar-refractivity contribution is -0.120. The summed E-state index contributed by atoms with van der Waals surface area (Å²) in [5.41, 5.74) is 0. The van der Waals surface area contributed by atoms with Gasteiger partial charge in [-0.15, -0.1) is 0 Å². The lowest BCUT2D eigenvalue weighted by Gasteiger charge is -1.99. The Balaban J connectivity index is 3.01. The van der Waals surface area contributed by atoms with Gasteiger partial charge in [0.25, 0.3) is 6.47 Å². The Morgan fingerprint density at radius 3 is 2.91 bits per heavy atom. The zero-order valence-corrected chi connectivity index (χ0v) is 7.72. The summed E-state index contributed by atoms with van der Waals surface area (Å²) < 4.78 is 5.39. The largest absolute Gasteiger partial charge is 0.427 e. The normalized spacial score (nSPS) is 9.27. The van der Waals surface area contributed by atoms with Crippen LogP contribution in [0.1, 0.15) is 0 Å². The average Bonchev–Trinajstić information content (AvgIpc) is 1.98. The van der Waals surface area contributed by atoms with E-state index in [0.29, 0.717) is 17.2 Å². The van der Waals surface area contributed by atoms with Crippen LogP contribution in [0.15, 0.2) is 22.7 Å². The Hall–Kier alpha value is -0.540. The molecule has 1 rings (SSSR count). The summed E-state index contributed by atoms with van der Waals surface area (Å²) in [6.07, 6.45) is 0. The SMILES string of the molecule is O=COc1cc(Br)ccc1Cl. The molecule has 0 bridgehead atoms. The highest BCUT2D eigenvalue weighted by molar-refractivity contribution is 9.10. The van der Waals surface area contributed by atoms with Crippen LogP contribution < -0.4 is 4.74 Å². The van der Waals surface area contributed by atoms with E-state index >= 15 is 0 Å². The lowest BCUT2D eigenvalue weighted by Crippen LogP contribution is -1.88. The molecule has 1 aromatic rings. The molecular weight excluding hydrogens is 231 g/mol. The van der Waals surface area contributed by atoms with Crippen molar-refractivity contribution in [2.45, 2.75) is 0 Å². The number of carbonyl (C=O) groups is 1. The quantitative estimate of drug-likeness (QED) is 0.737. The second-order valence-corrected chi connectivity index (χ2v) is 3.11. The van der Waals surface area contributed by atoms with Crippen LogP contribution in [0.2, 0.25) is 5.02 Å². The van der Waals surface area contributed by atoms with E-state index in [4.69, 9.17) is 11.6 Å². The average molecular weight is 235 g/mol. The van der Waals surface area contributed by atoms with Crippen LogP contribution in [0.25, 0.3) is 0 Å². The van der Waals surface area contributed by atoms with E-state index < -0.39 is 0 Å². The molecule has 0 radical (unpaired) electrons. The third-order valence-electron chi connectivity index (χ3n) is 1.07. The zero-order valence-electron chi connectivity index (χ0n) is 5.38. The Kier molecular flexibility index (Phi) is 2.91. The number of carbonyl (C=O) groups excluding carboxylic acids is 1. The maximum Gasteiger partial charge on any atom is 0.298 e. The number of halogens is 2. The van der Waals surface area contributed by atoms with E-state index in [9.17, 15) is 4.79 Å². The first-order valence-corrected chi connectivity index (χ1v) is 3.96. The fourth-order valence-corrected chi connectivity index (χ4v) is 1.12. The van der Waals surface area contributed by atoms with Gasteiger partial charge in [0.05, 0.1) is 5.02 Å². The Morgan fingerprint density at radius 2 is 2.27 bits per heavy atom. The smallest absolute Gasteiger partial charge is 0.298 e. The first-order chi connectivity index (χ1) is 5.24. The first kappa shape index (κ1) is 8.56. The fourth-order valence-electron chi connectivity index (χ4n) is 0.619. The molecule has 0 unspecified atom stereocenters. The van der Waals surface area contributed by atoms with Gasteiger partial charge < -0.3 is 4.74 Å². The van der Waals surface area contributed by atoms with E-state index in [1.807, 2.05) is 0 Å². The number of hydrogen-bond acceptors (Lipinski definition) is 2. The van der Waals surface area contributed by atoms with Crippen LogP contribution in [0.5, 0.6) is 5.75 Å². The van der Waals surface area contributed by atoms with Gasteiger partial charge in [-0.2, -0.15) is 0 Å². The van der Waals surface area contributed by atoms with Gasteiger partial charge in [0.15, 0.2) is 0 Å². The molecule has 0 aliphatic rings. The number of benzene rings is 1. The minimum absolute atomic E-state index is 0.341. The summed E-state index contributed by atoms with van der Waals surface area (Å²) in [6.45, 7) is 0.341. The van der Waals surface area contributed by atoms with Crippen LogP contribution in [-0.4, -0.2) is 6.47 Å². The highest BCUT2D eigenvalue weighted by Crippen LogP contribution is 2.27. The molecule has 1 aromatic carbocycles. The van der Waals surface area contributed by atoms with Crippen molar-refractivity contribution in [2.75, 3.05) is 0 Å². The maximum absolute atomic E-state index is 9.94. The van der Waals surface area contributed by atoms with Gasteiger partial charge in [-0.05, 0) is 18.2 Å². The molecule has 0 fully saturated rings. The van der Waals surface area contributed by atoms with Crippen molar-refractivity contribution in [3.63, 3.8) is 0 Å². The highest BCUT2D eigenvalue weighted by Gasteiger charge is 2.00. The first-order valence-electron chi connectivity index (χ1n) is 2.79. The van der Waals surface area contributed by atoms with Crippen molar-refractivity contribution in [1.82, 2.24) is 0 Å². The molecule has 0 saturated carbocycles. The summed E-state index contributed by atoms with van der Waals surface area (Å²) in [7, 11) is 0. The van der Waals surface area contributed by atoms with Crippen molar-refractivity contribution < 1.29 is 9.53 Å². The molecule has 0 spiro atoms. The van der Waals surface area contributed by atoms with Gasteiger partial charge in [0.2, 0.25) is 0 Å². The van der Waals surface area contributed by atoms with Crippen LogP contribution in [0.4, 0.5) is 0 Å². The van der Waals surface area contributed by atoms with E-state index in [0.717, 1.165) is 4.47 Å². The number of rotatable bonds is 2. The summed E-state index contributed by atoms with van der Waals surface area (Å²) in [5, 5.41) is 0.417. The third-order valence-corrected chi connectivity index (χ3v) is 1.87. The van der Waals surface area contributed by atoms with Gasteiger partial charge >= 0.3 is 0 Å². The van der Waals surface area contributed by atoms with E-state index in [2.05, 4.69) is 20.7 Å². The maximum atomic E-state index is 9.94. The minimum atomic E-state index is 0.341. The highest BCUT2D eigenvalue weighted by atomic mass is 79.9. The molecule has 0 aromatic heterocycles. The Bertz CT molecular complexity index is 275. The molecule has 0 N–H and O–H groups in total. The van der Waals surface area contributed by atoms with Gasteiger partial charge in [0, 0.05) is 4.47 Å². The molecule has 58 valence electrons. The van der Waals surface area contributed by atoms with Crippen LogP contribution >= 0.6 is 27.5 Å². The lowest BCUT2D eigenvalue weighted by atomic mass is 10.3. The van der Waals surface area contributed by atoms with E-state index in [1.165, 1.54) is 0 Å². The monoisotopic (exact) mass is 234 g/mol. The van der Waals surface area contributed by atoms with Crippen molar-refractivity contribution in [3.05, 3.63) is 27.7 Å². The third kappa shape index (κ3) is 2.20. The Labute approximate surface area is 77.2 Å². The minimum Gasteiger partial charge on any atom is -0.427 e. The zero-order chi connectivity index (χ0) is 8.27. The summed E-state index contributed by atoms with van der Waals surface area (Å²) in [4.78, 5) is 9.94. The van der Waals surface area contributed by atoms with Crippen LogP contribution in [0, 0.1) is 0 Å². The predicted octanol–water partition coefficient (Wildman–Crippen LogP) is 2.64. The second-order valence-electron chi connectivity index (χ2n) is 1.79. The molecule has 11 heavy (non-hydrogen) atoms. The molecule has 0 atom stereocenters. The van der Waals surface area contributed by atoms with Crippen molar-refractivity contribution in [3.8, 4) is 5.75 Å². The van der Waals surface area contributed by atoms with Crippen molar-refractivity contribution in [1.29, 1.82) is 0 Å². The molecule has 0 heterocycles. The van der Waals surface area contributed by atoms with Crippen LogP contribution in [-0.2, 0) is 4.79 Å². The topological polar surface area (TPSA) is 26.3 Å². The molecular formula is C7H4BrClO2. The van der Waals surface area contributed by atoms with Gasteiger partial charge in [-0.1, -0.05) is 27.5 Å². The standard InChI is InChI=1S/C7H4BrClO2/c8-5-1-2-6(9)7(3-5)11-4-10/h1-4H. The summed E-state index contributed by atoms with van der Waals surface area (Å²) in [5.74, 6) is 0.357. The number of hydrogen-bond donors (Lipinski definition) is 0. The van der Waals surface area contributed by atoms with E-state index in [1.54, 1.807) is 18.2 Å². The van der Waals surface area contributed by atoms with E-state index in [-0.39, 0.29) is 0 Å². The molecule has 0 aliphatic heterocycles. The summed E-state index contributed by atoms with van der Waals surface area (Å²) >= 11 is 8.88. The summed E-state index contributed by atoms with van der Waals surface area (Å²) in [6, 6.07) is 5.03. The molecule has 0 aliphatic carbocycles. The van der Waals surface area contributed by atoms with Crippen molar-refractivity contribution in [2.24, 2.45) is 0 Å². The van der Waals surface area contributed by atoms with Gasteiger partial charge in [-0.25, -0.2) is 0 Å². The van der Waals surface area contributed by atoms with Gasteiger partial charge in [-0.3, -0.25) is 4.79 Å². The molecule has 0 saturated heterocycles. The predicted molar refractivity (Wildman–Crippen MR) is 45.8 cm³/mol. The van der Waals surface area contributed by atoms with Crippen molar-refractivity contribution >= 4 is 34.0 Å². The molecule has 4 heteroatoms. The molecule has 2 nitrogen and oxygen atoms in total. The second kappa shape index (κ2) is 3.74. The Morgan fingerprint density at radius 1 is 1.55 bits per heavy atom. The molecule has 0 amide bonds.